The third-order valence-corrected chi connectivity index (χ3v) is 4.45. The van der Waals surface area contributed by atoms with Gasteiger partial charge in [-0.15, -0.1) is 0 Å². The molecule has 2 aromatic rings. The number of halogens is 1. The minimum atomic E-state index is -0.340. The lowest BCUT2D eigenvalue weighted by Gasteiger charge is -2.15. The van der Waals surface area contributed by atoms with Crippen molar-refractivity contribution in [2.75, 3.05) is 34.4 Å². The molecule has 2 amide bonds. The SMILES string of the molecule is COc1ccc(CCC(=O)NCCNC(=O)Cc2ccc(F)cc2)c(OC)c1OC. The third-order valence-electron chi connectivity index (χ3n) is 4.45. The van der Waals surface area contributed by atoms with Crippen LogP contribution in [0.3, 0.4) is 0 Å². The molecule has 2 N–H and O–H groups in total. The van der Waals surface area contributed by atoms with Gasteiger partial charge in [-0.25, -0.2) is 4.39 Å². The molecule has 0 aliphatic carbocycles. The molecule has 0 radical (unpaired) electrons. The zero-order valence-electron chi connectivity index (χ0n) is 17.4. The number of benzene rings is 2. The van der Waals surface area contributed by atoms with Crippen LogP contribution in [0.4, 0.5) is 4.39 Å². The first kappa shape index (κ1) is 23.0. The Morgan fingerprint density at radius 3 is 2.07 bits per heavy atom. The van der Waals surface area contributed by atoms with E-state index in [-0.39, 0.29) is 30.5 Å². The fourth-order valence-electron chi connectivity index (χ4n) is 2.95. The molecule has 0 atom stereocenters. The average molecular weight is 418 g/mol. The molecule has 162 valence electrons. The van der Waals surface area contributed by atoms with Gasteiger partial charge in [0.1, 0.15) is 5.82 Å². The number of rotatable bonds is 11. The van der Waals surface area contributed by atoms with Gasteiger partial charge in [0, 0.05) is 19.5 Å². The Bertz CT molecular complexity index is 855. The number of methoxy groups -OCH3 is 3. The topological polar surface area (TPSA) is 85.9 Å². The predicted molar refractivity (Wildman–Crippen MR) is 111 cm³/mol. The van der Waals surface area contributed by atoms with E-state index in [1.165, 1.54) is 26.4 Å². The molecular weight excluding hydrogens is 391 g/mol. The van der Waals surface area contributed by atoms with E-state index in [9.17, 15) is 14.0 Å². The van der Waals surface area contributed by atoms with Crippen LogP contribution in [0.5, 0.6) is 17.2 Å². The maximum Gasteiger partial charge on any atom is 0.224 e. The molecular formula is C22H27FN2O5. The molecule has 0 saturated heterocycles. The van der Waals surface area contributed by atoms with E-state index in [1.807, 2.05) is 6.07 Å². The van der Waals surface area contributed by atoms with Crippen molar-refractivity contribution in [1.29, 1.82) is 0 Å². The second-order valence-corrected chi connectivity index (χ2v) is 6.50. The van der Waals surface area contributed by atoms with Gasteiger partial charge in [0.2, 0.25) is 17.6 Å². The maximum absolute atomic E-state index is 12.9. The highest BCUT2D eigenvalue weighted by Crippen LogP contribution is 2.40. The third kappa shape index (κ3) is 6.65. The van der Waals surface area contributed by atoms with E-state index in [0.29, 0.717) is 36.8 Å². The molecule has 0 fully saturated rings. The van der Waals surface area contributed by atoms with Crippen molar-refractivity contribution >= 4 is 11.8 Å². The molecule has 2 aromatic carbocycles. The zero-order chi connectivity index (χ0) is 21.9. The first-order valence-electron chi connectivity index (χ1n) is 9.54. The van der Waals surface area contributed by atoms with E-state index in [0.717, 1.165) is 11.1 Å². The molecule has 0 aliphatic rings. The van der Waals surface area contributed by atoms with Gasteiger partial charge < -0.3 is 24.8 Å². The van der Waals surface area contributed by atoms with Crippen LogP contribution >= 0.6 is 0 Å². The van der Waals surface area contributed by atoms with Gasteiger partial charge in [-0.05, 0) is 35.7 Å². The van der Waals surface area contributed by atoms with Crippen LogP contribution in [0.1, 0.15) is 17.5 Å². The van der Waals surface area contributed by atoms with Crippen molar-refractivity contribution in [2.24, 2.45) is 0 Å². The Kier molecular flexibility index (Phi) is 8.93. The van der Waals surface area contributed by atoms with Crippen molar-refractivity contribution in [3.05, 3.63) is 53.3 Å². The first-order chi connectivity index (χ1) is 14.5. The quantitative estimate of drug-likeness (QED) is 0.547. The van der Waals surface area contributed by atoms with Crippen LogP contribution in [0.25, 0.3) is 0 Å². The lowest BCUT2D eigenvalue weighted by molar-refractivity contribution is -0.122. The number of ether oxygens (including phenoxy) is 3. The van der Waals surface area contributed by atoms with Gasteiger partial charge in [0.15, 0.2) is 11.5 Å². The number of carbonyl (C=O) groups excluding carboxylic acids is 2. The van der Waals surface area contributed by atoms with E-state index in [1.54, 1.807) is 25.3 Å². The number of aryl methyl sites for hydroxylation is 1. The molecule has 0 saturated carbocycles. The van der Waals surface area contributed by atoms with Gasteiger partial charge in [-0.1, -0.05) is 18.2 Å². The molecule has 0 aromatic heterocycles. The molecule has 2 rings (SSSR count). The van der Waals surface area contributed by atoms with Crippen molar-refractivity contribution < 1.29 is 28.2 Å². The summed E-state index contributed by atoms with van der Waals surface area (Å²) in [5, 5.41) is 5.49. The number of carbonyl (C=O) groups is 2. The van der Waals surface area contributed by atoms with Crippen LogP contribution in [0, 0.1) is 5.82 Å². The van der Waals surface area contributed by atoms with E-state index < -0.39 is 0 Å². The smallest absolute Gasteiger partial charge is 0.224 e. The van der Waals surface area contributed by atoms with Crippen LogP contribution in [-0.2, 0) is 22.4 Å². The van der Waals surface area contributed by atoms with E-state index in [4.69, 9.17) is 14.2 Å². The van der Waals surface area contributed by atoms with Crippen LogP contribution < -0.4 is 24.8 Å². The Hall–Kier alpha value is -3.29. The molecule has 0 unspecified atom stereocenters. The molecule has 7 nitrogen and oxygen atoms in total. The summed E-state index contributed by atoms with van der Waals surface area (Å²) >= 11 is 0. The summed E-state index contributed by atoms with van der Waals surface area (Å²) in [6.45, 7) is 0.627. The Morgan fingerprint density at radius 2 is 1.47 bits per heavy atom. The number of amides is 2. The fourth-order valence-corrected chi connectivity index (χ4v) is 2.95. The Labute approximate surface area is 175 Å². The van der Waals surface area contributed by atoms with Gasteiger partial charge in [-0.2, -0.15) is 0 Å². The highest BCUT2D eigenvalue weighted by atomic mass is 19.1. The zero-order valence-corrected chi connectivity index (χ0v) is 17.4. The molecule has 0 bridgehead atoms. The molecule has 0 aliphatic heterocycles. The molecule has 8 heteroatoms. The minimum absolute atomic E-state index is 0.139. The maximum atomic E-state index is 12.9. The average Bonchev–Trinajstić information content (AvgIpc) is 2.75. The molecule has 30 heavy (non-hydrogen) atoms. The highest BCUT2D eigenvalue weighted by molar-refractivity contribution is 5.79. The van der Waals surface area contributed by atoms with Gasteiger partial charge >= 0.3 is 0 Å². The van der Waals surface area contributed by atoms with Crippen molar-refractivity contribution in [3.63, 3.8) is 0 Å². The summed E-state index contributed by atoms with van der Waals surface area (Å²) in [4.78, 5) is 24.0. The van der Waals surface area contributed by atoms with Crippen LogP contribution in [0.15, 0.2) is 36.4 Å². The Balaban J connectivity index is 1.74. The second kappa shape index (κ2) is 11.6. The van der Waals surface area contributed by atoms with Crippen LogP contribution in [-0.4, -0.2) is 46.2 Å². The highest BCUT2D eigenvalue weighted by Gasteiger charge is 2.16. The van der Waals surface area contributed by atoms with Gasteiger partial charge in [0.05, 0.1) is 27.8 Å². The summed E-state index contributed by atoms with van der Waals surface area (Å²) in [5.74, 6) is 0.913. The summed E-state index contributed by atoms with van der Waals surface area (Å²) in [6.07, 6.45) is 0.884. The lowest BCUT2D eigenvalue weighted by atomic mass is 10.1. The second-order valence-electron chi connectivity index (χ2n) is 6.50. The predicted octanol–water partition coefficient (Wildman–Crippen LogP) is 2.26. The molecule has 0 spiro atoms. The summed E-state index contributed by atoms with van der Waals surface area (Å²) in [7, 11) is 4.61. The number of hydrogen-bond acceptors (Lipinski definition) is 5. The largest absolute Gasteiger partial charge is 0.493 e. The van der Waals surface area contributed by atoms with Gasteiger partial charge in [-0.3, -0.25) is 9.59 Å². The summed E-state index contributed by atoms with van der Waals surface area (Å²) in [6, 6.07) is 9.37. The molecule has 0 heterocycles. The van der Waals surface area contributed by atoms with Crippen LogP contribution in [0.2, 0.25) is 0 Å². The van der Waals surface area contributed by atoms with E-state index in [2.05, 4.69) is 10.6 Å². The number of hydrogen-bond donors (Lipinski definition) is 2. The minimum Gasteiger partial charge on any atom is -0.493 e. The monoisotopic (exact) mass is 418 g/mol. The number of nitrogens with one attached hydrogen (secondary N) is 2. The lowest BCUT2D eigenvalue weighted by Crippen LogP contribution is -2.35. The normalized spacial score (nSPS) is 10.3. The van der Waals surface area contributed by atoms with Gasteiger partial charge in [0.25, 0.3) is 0 Å². The Morgan fingerprint density at radius 1 is 0.833 bits per heavy atom. The fraction of sp³-hybridized carbons (Fsp3) is 0.364. The van der Waals surface area contributed by atoms with Crippen molar-refractivity contribution in [2.45, 2.75) is 19.3 Å². The van der Waals surface area contributed by atoms with E-state index >= 15 is 0 Å². The first-order valence-corrected chi connectivity index (χ1v) is 9.54. The van der Waals surface area contributed by atoms with Crippen molar-refractivity contribution in [3.8, 4) is 17.2 Å². The summed E-state index contributed by atoms with van der Waals surface area (Å²) < 4.78 is 28.9. The summed E-state index contributed by atoms with van der Waals surface area (Å²) in [5.41, 5.74) is 1.56. The van der Waals surface area contributed by atoms with Crippen molar-refractivity contribution in [1.82, 2.24) is 10.6 Å². The standard InChI is InChI=1S/C22H27FN2O5/c1-28-18-10-6-16(21(29-2)22(18)30-3)7-11-19(26)24-12-13-25-20(27)14-15-4-8-17(23)9-5-15/h4-6,8-10H,7,11-14H2,1-3H3,(H,24,26)(H,25,27).